The van der Waals surface area contributed by atoms with Gasteiger partial charge in [-0.05, 0) is 23.2 Å². The number of rotatable bonds is 4. The fourth-order valence-electron chi connectivity index (χ4n) is 1.13. The van der Waals surface area contributed by atoms with Crippen molar-refractivity contribution < 1.29 is 10.2 Å². The second-order valence-corrected chi connectivity index (χ2v) is 3.01. The Bertz CT molecular complexity index is 449. The number of azide groups is 1. The first-order valence-electron chi connectivity index (χ1n) is 4.42. The number of nitriles is 1. The van der Waals surface area contributed by atoms with Crippen molar-refractivity contribution in [2.24, 2.45) is 5.11 Å². The average Bonchev–Trinajstić information content (AvgIpc) is 2.35. The van der Waals surface area contributed by atoms with E-state index in [9.17, 15) is 10.2 Å². The van der Waals surface area contributed by atoms with Crippen LogP contribution in [0.15, 0.2) is 23.4 Å². The third kappa shape index (κ3) is 2.93. The van der Waals surface area contributed by atoms with E-state index in [4.69, 9.17) is 10.8 Å². The van der Waals surface area contributed by atoms with Crippen LogP contribution in [0.2, 0.25) is 0 Å². The third-order valence-electron chi connectivity index (χ3n) is 1.94. The molecule has 7 nitrogen and oxygen atoms in total. The first-order chi connectivity index (χ1) is 7.69. The van der Waals surface area contributed by atoms with Crippen molar-refractivity contribution in [1.82, 2.24) is 4.98 Å². The molecule has 82 valence electrons. The van der Waals surface area contributed by atoms with Crippen molar-refractivity contribution in [3.63, 3.8) is 0 Å². The highest BCUT2D eigenvalue weighted by Gasteiger charge is 2.17. The molecule has 0 fully saturated rings. The van der Waals surface area contributed by atoms with Gasteiger partial charge in [0.15, 0.2) is 0 Å². The van der Waals surface area contributed by atoms with Crippen molar-refractivity contribution in [3.8, 4) is 6.07 Å². The van der Waals surface area contributed by atoms with E-state index >= 15 is 0 Å². The van der Waals surface area contributed by atoms with E-state index in [0.717, 1.165) is 0 Å². The number of aliphatic hydroxyl groups is 2. The van der Waals surface area contributed by atoms with Gasteiger partial charge < -0.3 is 10.2 Å². The monoisotopic (exact) mass is 219 g/mol. The highest BCUT2D eigenvalue weighted by molar-refractivity contribution is 5.27. The zero-order valence-corrected chi connectivity index (χ0v) is 8.22. The molecule has 0 saturated carbocycles. The summed E-state index contributed by atoms with van der Waals surface area (Å²) in [6.45, 7) is -0.234. The molecule has 1 rings (SSSR count). The molecule has 0 bridgehead atoms. The van der Waals surface area contributed by atoms with Gasteiger partial charge in [0.1, 0.15) is 17.9 Å². The van der Waals surface area contributed by atoms with Gasteiger partial charge in [-0.2, -0.15) is 5.26 Å². The minimum atomic E-state index is -1.21. The van der Waals surface area contributed by atoms with Crippen LogP contribution >= 0.6 is 0 Å². The van der Waals surface area contributed by atoms with Gasteiger partial charge in [0.05, 0.1) is 12.6 Å². The first kappa shape index (κ1) is 11.9. The van der Waals surface area contributed by atoms with Crippen molar-refractivity contribution in [1.29, 1.82) is 5.26 Å². The minimum Gasteiger partial charge on any atom is -0.390 e. The second-order valence-electron chi connectivity index (χ2n) is 3.01. The molecular formula is C9H9N5O2. The van der Waals surface area contributed by atoms with Crippen molar-refractivity contribution in [3.05, 3.63) is 40.0 Å². The van der Waals surface area contributed by atoms with Crippen LogP contribution in [-0.2, 0) is 0 Å². The summed E-state index contributed by atoms with van der Waals surface area (Å²) >= 11 is 0. The predicted molar refractivity (Wildman–Crippen MR) is 53.9 cm³/mol. The molecule has 0 spiro atoms. The average molecular weight is 219 g/mol. The Morgan fingerprint density at radius 3 is 3.00 bits per heavy atom. The lowest BCUT2D eigenvalue weighted by molar-refractivity contribution is 0.0243. The van der Waals surface area contributed by atoms with Crippen LogP contribution in [0.4, 0.5) is 0 Å². The molecule has 0 aliphatic rings. The standard InChI is InChI=1S/C9H9N5O2/c10-4-7-3-6(1-2-12-7)9(16)8(15)5-13-14-11/h1-3,8-9,15-16H,5H2. The molecule has 0 aliphatic heterocycles. The smallest absolute Gasteiger partial charge is 0.140 e. The molecule has 2 atom stereocenters. The quantitative estimate of drug-likeness (QED) is 0.438. The topological polar surface area (TPSA) is 126 Å². The zero-order chi connectivity index (χ0) is 12.0. The molecule has 16 heavy (non-hydrogen) atoms. The Morgan fingerprint density at radius 2 is 2.38 bits per heavy atom. The number of nitrogens with zero attached hydrogens (tertiary/aromatic N) is 5. The van der Waals surface area contributed by atoms with E-state index in [-0.39, 0.29) is 12.2 Å². The highest BCUT2D eigenvalue weighted by atomic mass is 16.3. The maximum Gasteiger partial charge on any atom is 0.140 e. The van der Waals surface area contributed by atoms with Gasteiger partial charge in [-0.3, -0.25) is 0 Å². The summed E-state index contributed by atoms with van der Waals surface area (Å²) in [5, 5.41) is 30.9. The van der Waals surface area contributed by atoms with Crippen LogP contribution in [0.5, 0.6) is 0 Å². The summed E-state index contributed by atoms with van der Waals surface area (Å²) in [5.41, 5.74) is 8.56. The Labute approximate surface area is 91.2 Å². The van der Waals surface area contributed by atoms with Crippen LogP contribution in [0, 0.1) is 11.3 Å². The predicted octanol–water partition coefficient (Wildman–Crippen LogP) is 0.658. The fraction of sp³-hybridized carbons (Fsp3) is 0.333. The highest BCUT2D eigenvalue weighted by Crippen LogP contribution is 2.17. The molecule has 1 aromatic heterocycles. The van der Waals surface area contributed by atoms with E-state index in [1.165, 1.54) is 18.3 Å². The van der Waals surface area contributed by atoms with Gasteiger partial charge in [-0.1, -0.05) is 5.11 Å². The molecule has 1 aromatic rings. The lowest BCUT2D eigenvalue weighted by Gasteiger charge is -2.15. The van der Waals surface area contributed by atoms with Crippen molar-refractivity contribution in [2.75, 3.05) is 6.54 Å². The molecule has 0 saturated heterocycles. The van der Waals surface area contributed by atoms with Crippen LogP contribution in [0.1, 0.15) is 17.4 Å². The van der Waals surface area contributed by atoms with Gasteiger partial charge >= 0.3 is 0 Å². The molecule has 7 heteroatoms. The molecule has 2 N–H and O–H groups in total. The number of aliphatic hydroxyl groups excluding tert-OH is 2. The zero-order valence-electron chi connectivity index (χ0n) is 8.22. The molecule has 0 aromatic carbocycles. The first-order valence-corrected chi connectivity index (χ1v) is 4.42. The van der Waals surface area contributed by atoms with Gasteiger partial charge in [0, 0.05) is 11.1 Å². The van der Waals surface area contributed by atoms with Crippen molar-refractivity contribution in [2.45, 2.75) is 12.2 Å². The Kier molecular flexibility index (Phi) is 4.24. The maximum atomic E-state index is 9.67. The van der Waals surface area contributed by atoms with Gasteiger partial charge in [-0.25, -0.2) is 4.98 Å². The molecule has 0 radical (unpaired) electrons. The van der Waals surface area contributed by atoms with Gasteiger partial charge in [0.25, 0.3) is 0 Å². The van der Waals surface area contributed by atoms with E-state index in [1.807, 2.05) is 6.07 Å². The Hall–Kier alpha value is -2.13. The van der Waals surface area contributed by atoms with E-state index in [0.29, 0.717) is 5.56 Å². The number of pyridine rings is 1. The summed E-state index contributed by atoms with van der Waals surface area (Å²) in [4.78, 5) is 6.20. The summed E-state index contributed by atoms with van der Waals surface area (Å²) < 4.78 is 0. The van der Waals surface area contributed by atoms with Crippen molar-refractivity contribution >= 4 is 0 Å². The Balaban J connectivity index is 2.83. The SMILES string of the molecule is N#Cc1cc(C(O)C(O)CN=[N+]=[N-])ccn1. The summed E-state index contributed by atoms with van der Waals surface area (Å²) in [5.74, 6) is 0. The third-order valence-corrected chi connectivity index (χ3v) is 1.94. The number of hydrogen-bond acceptors (Lipinski definition) is 5. The summed E-state index contributed by atoms with van der Waals surface area (Å²) in [7, 11) is 0. The largest absolute Gasteiger partial charge is 0.390 e. The second kappa shape index (κ2) is 5.68. The van der Waals surface area contributed by atoms with Crippen LogP contribution in [0.3, 0.4) is 0 Å². The summed E-state index contributed by atoms with van der Waals surface area (Å²) in [6.07, 6.45) is -1.05. The van der Waals surface area contributed by atoms with Gasteiger partial charge in [-0.15, -0.1) is 0 Å². The van der Waals surface area contributed by atoms with E-state index in [2.05, 4.69) is 15.0 Å². The lowest BCUT2D eigenvalue weighted by Crippen LogP contribution is -2.21. The van der Waals surface area contributed by atoms with E-state index in [1.54, 1.807) is 0 Å². The normalized spacial score (nSPS) is 13.3. The maximum absolute atomic E-state index is 9.67. The summed E-state index contributed by atoms with van der Waals surface area (Å²) in [6, 6.07) is 4.66. The molecule has 1 heterocycles. The lowest BCUT2D eigenvalue weighted by atomic mass is 10.1. The minimum absolute atomic E-state index is 0.146. The van der Waals surface area contributed by atoms with Crippen LogP contribution in [-0.4, -0.2) is 27.8 Å². The molecular weight excluding hydrogens is 210 g/mol. The molecule has 0 amide bonds. The van der Waals surface area contributed by atoms with Crippen LogP contribution in [0.25, 0.3) is 10.4 Å². The van der Waals surface area contributed by atoms with Crippen LogP contribution < -0.4 is 0 Å². The number of hydrogen-bond donors (Lipinski definition) is 2. The number of aromatic nitrogens is 1. The fourth-order valence-corrected chi connectivity index (χ4v) is 1.13. The molecule has 0 aliphatic carbocycles. The molecule has 2 unspecified atom stereocenters. The van der Waals surface area contributed by atoms with Gasteiger partial charge in [0.2, 0.25) is 0 Å². The Morgan fingerprint density at radius 1 is 1.62 bits per heavy atom. The van der Waals surface area contributed by atoms with E-state index < -0.39 is 12.2 Å².